The van der Waals surface area contributed by atoms with Crippen LogP contribution in [0.3, 0.4) is 0 Å². The average molecular weight is 227 g/mol. The molecule has 5 nitrogen and oxygen atoms in total. The van der Waals surface area contributed by atoms with Crippen LogP contribution >= 0.6 is 0 Å². The van der Waals surface area contributed by atoms with Crippen LogP contribution in [0.1, 0.15) is 19.8 Å². The lowest BCUT2D eigenvalue weighted by Crippen LogP contribution is -2.36. The van der Waals surface area contributed by atoms with Gasteiger partial charge in [-0.1, -0.05) is 0 Å². The van der Waals surface area contributed by atoms with Gasteiger partial charge in [0.15, 0.2) is 0 Å². The van der Waals surface area contributed by atoms with Gasteiger partial charge in [-0.25, -0.2) is 0 Å². The fourth-order valence-corrected chi connectivity index (χ4v) is 1.53. The van der Waals surface area contributed by atoms with Crippen LogP contribution in [-0.4, -0.2) is 45.3 Å². The van der Waals surface area contributed by atoms with Crippen molar-refractivity contribution in [1.82, 2.24) is 15.1 Å². The molecular formula is C11H21N3O2. The van der Waals surface area contributed by atoms with E-state index in [9.17, 15) is 5.11 Å². The van der Waals surface area contributed by atoms with E-state index in [-0.39, 0.29) is 6.61 Å². The highest BCUT2D eigenvalue weighted by atomic mass is 16.3. The number of hydrogen-bond acceptors (Lipinski definition) is 4. The highest BCUT2D eigenvalue weighted by Gasteiger charge is 2.07. The first-order chi connectivity index (χ1) is 7.72. The van der Waals surface area contributed by atoms with Crippen LogP contribution in [0, 0.1) is 0 Å². The quantitative estimate of drug-likeness (QED) is 0.584. The number of rotatable bonds is 8. The van der Waals surface area contributed by atoms with Crippen LogP contribution in [0.2, 0.25) is 0 Å². The molecule has 92 valence electrons. The highest BCUT2D eigenvalue weighted by Crippen LogP contribution is 1.96. The zero-order valence-corrected chi connectivity index (χ0v) is 9.71. The Kier molecular flexibility index (Phi) is 6.07. The van der Waals surface area contributed by atoms with Crippen LogP contribution in [0.4, 0.5) is 0 Å². The molecule has 0 aliphatic carbocycles. The van der Waals surface area contributed by atoms with Crippen LogP contribution in [0.5, 0.6) is 0 Å². The molecule has 0 saturated carbocycles. The standard InChI is InChI=1S/C11H21N3O2/c1-10(4-2-7-15)12-8-11(16)9-14-6-3-5-13-14/h3,5-6,10-12,15-16H,2,4,7-9H2,1H3. The Hall–Kier alpha value is -0.910. The molecule has 2 atom stereocenters. The molecule has 5 heteroatoms. The molecule has 0 aromatic carbocycles. The molecule has 0 fully saturated rings. The zero-order chi connectivity index (χ0) is 11.8. The fourth-order valence-electron chi connectivity index (χ4n) is 1.53. The minimum atomic E-state index is -0.434. The average Bonchev–Trinajstić information content (AvgIpc) is 2.76. The molecule has 1 rings (SSSR count). The smallest absolute Gasteiger partial charge is 0.0860 e. The first-order valence-corrected chi connectivity index (χ1v) is 5.72. The SMILES string of the molecule is CC(CCCO)NCC(O)Cn1cccn1. The molecule has 0 aliphatic heterocycles. The summed E-state index contributed by atoms with van der Waals surface area (Å²) >= 11 is 0. The van der Waals surface area contributed by atoms with E-state index < -0.39 is 6.10 Å². The van der Waals surface area contributed by atoms with E-state index >= 15 is 0 Å². The number of aromatic nitrogens is 2. The molecule has 0 radical (unpaired) electrons. The van der Waals surface area contributed by atoms with E-state index in [0.717, 1.165) is 12.8 Å². The van der Waals surface area contributed by atoms with E-state index in [1.54, 1.807) is 10.9 Å². The summed E-state index contributed by atoms with van der Waals surface area (Å²) in [4.78, 5) is 0. The third-order valence-electron chi connectivity index (χ3n) is 2.45. The maximum absolute atomic E-state index is 9.72. The van der Waals surface area contributed by atoms with Gasteiger partial charge in [-0.15, -0.1) is 0 Å². The van der Waals surface area contributed by atoms with Gasteiger partial charge in [0.2, 0.25) is 0 Å². The maximum Gasteiger partial charge on any atom is 0.0860 e. The van der Waals surface area contributed by atoms with Gasteiger partial charge in [-0.05, 0) is 25.8 Å². The van der Waals surface area contributed by atoms with Crippen molar-refractivity contribution in [3.8, 4) is 0 Å². The van der Waals surface area contributed by atoms with Crippen molar-refractivity contribution in [2.24, 2.45) is 0 Å². The number of aliphatic hydroxyl groups excluding tert-OH is 2. The van der Waals surface area contributed by atoms with Crippen molar-refractivity contribution < 1.29 is 10.2 Å². The number of nitrogens with one attached hydrogen (secondary N) is 1. The Labute approximate surface area is 96.1 Å². The van der Waals surface area contributed by atoms with Crippen LogP contribution in [0.25, 0.3) is 0 Å². The number of nitrogens with zero attached hydrogens (tertiary/aromatic N) is 2. The fraction of sp³-hybridized carbons (Fsp3) is 0.727. The molecule has 1 aromatic heterocycles. The zero-order valence-electron chi connectivity index (χ0n) is 9.71. The van der Waals surface area contributed by atoms with Crippen molar-refractivity contribution in [3.63, 3.8) is 0 Å². The number of hydrogen-bond donors (Lipinski definition) is 3. The minimum absolute atomic E-state index is 0.224. The number of aliphatic hydroxyl groups is 2. The lowest BCUT2D eigenvalue weighted by atomic mass is 10.2. The molecule has 16 heavy (non-hydrogen) atoms. The Balaban J connectivity index is 2.12. The largest absolute Gasteiger partial charge is 0.396 e. The van der Waals surface area contributed by atoms with Crippen molar-refractivity contribution >= 4 is 0 Å². The van der Waals surface area contributed by atoms with Gasteiger partial charge in [-0.2, -0.15) is 5.10 Å². The second-order valence-corrected chi connectivity index (χ2v) is 4.06. The van der Waals surface area contributed by atoms with E-state index in [4.69, 9.17) is 5.11 Å². The molecule has 2 unspecified atom stereocenters. The summed E-state index contributed by atoms with van der Waals surface area (Å²) in [7, 11) is 0. The summed E-state index contributed by atoms with van der Waals surface area (Å²) in [6, 6.07) is 2.16. The van der Waals surface area contributed by atoms with E-state index in [2.05, 4.69) is 17.3 Å². The monoisotopic (exact) mass is 227 g/mol. The van der Waals surface area contributed by atoms with Gasteiger partial charge in [0.05, 0.1) is 12.6 Å². The second kappa shape index (κ2) is 7.38. The predicted octanol–water partition coefficient (Wildman–Crippen LogP) is -0.00540. The van der Waals surface area contributed by atoms with Gasteiger partial charge in [-0.3, -0.25) is 4.68 Å². The molecule has 1 aromatic rings. The Bertz CT molecular complexity index is 264. The third-order valence-corrected chi connectivity index (χ3v) is 2.45. The molecule has 0 amide bonds. The van der Waals surface area contributed by atoms with Crippen LogP contribution in [0.15, 0.2) is 18.5 Å². The van der Waals surface area contributed by atoms with Gasteiger partial charge < -0.3 is 15.5 Å². The maximum atomic E-state index is 9.72. The Morgan fingerprint density at radius 1 is 1.50 bits per heavy atom. The summed E-state index contributed by atoms with van der Waals surface area (Å²) in [5, 5.41) is 25.7. The first kappa shape index (κ1) is 13.2. The first-order valence-electron chi connectivity index (χ1n) is 5.72. The van der Waals surface area contributed by atoms with Crippen LogP contribution < -0.4 is 5.32 Å². The second-order valence-electron chi connectivity index (χ2n) is 4.06. The normalized spacial score (nSPS) is 14.9. The van der Waals surface area contributed by atoms with E-state index in [1.165, 1.54) is 0 Å². The lowest BCUT2D eigenvalue weighted by molar-refractivity contribution is 0.142. The summed E-state index contributed by atoms with van der Waals surface area (Å²) in [6.07, 6.45) is 4.81. The van der Waals surface area contributed by atoms with Gasteiger partial charge >= 0.3 is 0 Å². The van der Waals surface area contributed by atoms with Crippen molar-refractivity contribution in [3.05, 3.63) is 18.5 Å². The summed E-state index contributed by atoms with van der Waals surface area (Å²) in [6.45, 7) is 3.33. The molecule has 0 bridgehead atoms. The van der Waals surface area contributed by atoms with Crippen molar-refractivity contribution in [2.45, 2.75) is 38.5 Å². The molecule has 0 spiro atoms. The van der Waals surface area contributed by atoms with Gasteiger partial charge in [0, 0.05) is 31.6 Å². The Morgan fingerprint density at radius 2 is 2.31 bits per heavy atom. The Morgan fingerprint density at radius 3 is 2.94 bits per heavy atom. The lowest BCUT2D eigenvalue weighted by Gasteiger charge is -2.16. The molecular weight excluding hydrogens is 206 g/mol. The summed E-state index contributed by atoms with van der Waals surface area (Å²) < 4.78 is 1.71. The van der Waals surface area contributed by atoms with Crippen molar-refractivity contribution in [2.75, 3.05) is 13.2 Å². The topological polar surface area (TPSA) is 70.3 Å². The summed E-state index contributed by atoms with van der Waals surface area (Å²) in [5.74, 6) is 0. The highest BCUT2D eigenvalue weighted by molar-refractivity contribution is 4.79. The minimum Gasteiger partial charge on any atom is -0.396 e. The molecule has 0 aliphatic rings. The van der Waals surface area contributed by atoms with Gasteiger partial charge in [0.1, 0.15) is 0 Å². The predicted molar refractivity (Wildman–Crippen MR) is 62.0 cm³/mol. The summed E-state index contributed by atoms with van der Waals surface area (Å²) in [5.41, 5.74) is 0. The van der Waals surface area contributed by atoms with Crippen molar-refractivity contribution in [1.29, 1.82) is 0 Å². The van der Waals surface area contributed by atoms with Crippen LogP contribution in [-0.2, 0) is 6.54 Å². The third kappa shape index (κ3) is 5.25. The van der Waals surface area contributed by atoms with E-state index in [0.29, 0.717) is 19.1 Å². The molecule has 3 N–H and O–H groups in total. The molecule has 0 saturated heterocycles. The molecule has 1 heterocycles. The van der Waals surface area contributed by atoms with Gasteiger partial charge in [0.25, 0.3) is 0 Å². The van der Waals surface area contributed by atoms with E-state index in [1.807, 2.05) is 12.3 Å².